The zero-order valence-electron chi connectivity index (χ0n) is 10.4. The molecule has 0 radical (unpaired) electrons. The number of benzene rings is 1. The van der Waals surface area contributed by atoms with Crippen molar-refractivity contribution in [1.29, 1.82) is 0 Å². The summed E-state index contributed by atoms with van der Waals surface area (Å²) in [5.41, 5.74) is -0.325. The summed E-state index contributed by atoms with van der Waals surface area (Å²) in [7, 11) is 0. The number of H-pyrrole nitrogens is 1. The highest BCUT2D eigenvalue weighted by Gasteiger charge is 2.33. The Balaban J connectivity index is 2.01. The molecular formula is C13H12F3N3O. The van der Waals surface area contributed by atoms with Crippen LogP contribution in [0.2, 0.25) is 0 Å². The summed E-state index contributed by atoms with van der Waals surface area (Å²) < 4.78 is 38.2. The van der Waals surface area contributed by atoms with Crippen LogP contribution in [-0.4, -0.2) is 15.9 Å². The normalized spacial score (nSPS) is 11.3. The van der Waals surface area contributed by atoms with Crippen molar-refractivity contribution in [2.45, 2.75) is 19.0 Å². The van der Waals surface area contributed by atoms with E-state index in [0.29, 0.717) is 6.42 Å². The highest BCUT2D eigenvalue weighted by Crippen LogP contribution is 2.34. The number of nitrogens with zero attached hydrogens (tertiary/aromatic N) is 1. The highest BCUT2D eigenvalue weighted by atomic mass is 19.4. The van der Waals surface area contributed by atoms with Crippen molar-refractivity contribution in [1.82, 2.24) is 9.97 Å². The largest absolute Gasteiger partial charge is 0.418 e. The summed E-state index contributed by atoms with van der Waals surface area (Å²) in [5.74, 6) is -0.476. The monoisotopic (exact) mass is 283 g/mol. The quantitative estimate of drug-likeness (QED) is 0.906. The number of carbonyl (C=O) groups excluding carboxylic acids is 1. The standard InChI is InChI=1S/C13H12F3N3O/c14-13(15,16)10-3-1-2-4-11(10)19-12(20)6-5-9-7-17-8-18-9/h1-4,7-8H,5-6H2,(H,17,18)(H,19,20). The lowest BCUT2D eigenvalue weighted by Gasteiger charge is -2.13. The lowest BCUT2D eigenvalue weighted by atomic mass is 10.1. The van der Waals surface area contributed by atoms with Gasteiger partial charge in [-0.25, -0.2) is 4.98 Å². The summed E-state index contributed by atoms with van der Waals surface area (Å²) in [6.07, 6.45) is -0.981. The second kappa shape index (κ2) is 5.77. The van der Waals surface area contributed by atoms with E-state index >= 15 is 0 Å². The minimum absolute atomic E-state index is 0.0778. The molecule has 7 heteroatoms. The van der Waals surface area contributed by atoms with Gasteiger partial charge < -0.3 is 10.3 Å². The van der Waals surface area contributed by atoms with Gasteiger partial charge in [0.2, 0.25) is 5.91 Å². The van der Waals surface area contributed by atoms with Crippen molar-refractivity contribution >= 4 is 11.6 Å². The van der Waals surface area contributed by atoms with E-state index in [1.54, 1.807) is 6.20 Å². The molecule has 2 aromatic rings. The fraction of sp³-hybridized carbons (Fsp3) is 0.231. The van der Waals surface area contributed by atoms with E-state index in [1.807, 2.05) is 0 Å². The number of halogens is 3. The molecule has 2 N–H and O–H groups in total. The van der Waals surface area contributed by atoms with E-state index in [1.165, 1.54) is 24.5 Å². The van der Waals surface area contributed by atoms with Crippen LogP contribution in [-0.2, 0) is 17.4 Å². The molecule has 0 saturated heterocycles. The Bertz CT molecular complexity index is 579. The van der Waals surface area contributed by atoms with Crippen LogP contribution in [0.4, 0.5) is 18.9 Å². The summed E-state index contributed by atoms with van der Waals surface area (Å²) in [6, 6.07) is 4.89. The van der Waals surface area contributed by atoms with Crippen LogP contribution >= 0.6 is 0 Å². The van der Waals surface area contributed by atoms with Crippen molar-refractivity contribution in [3.05, 3.63) is 48.0 Å². The second-order valence-corrected chi connectivity index (χ2v) is 4.17. The number of carbonyl (C=O) groups is 1. The van der Waals surface area contributed by atoms with Crippen molar-refractivity contribution in [2.75, 3.05) is 5.32 Å². The van der Waals surface area contributed by atoms with Gasteiger partial charge in [-0.1, -0.05) is 12.1 Å². The summed E-state index contributed by atoms with van der Waals surface area (Å²) in [6.45, 7) is 0. The molecule has 0 saturated carbocycles. The maximum Gasteiger partial charge on any atom is 0.418 e. The Morgan fingerprint density at radius 2 is 2.05 bits per heavy atom. The number of hydrogen-bond acceptors (Lipinski definition) is 2. The van der Waals surface area contributed by atoms with Crippen LogP contribution in [0.5, 0.6) is 0 Å². The fourth-order valence-electron chi connectivity index (χ4n) is 1.72. The Hall–Kier alpha value is -2.31. The number of aryl methyl sites for hydroxylation is 1. The lowest BCUT2D eigenvalue weighted by Crippen LogP contribution is -2.16. The van der Waals surface area contributed by atoms with Crippen LogP contribution in [0.25, 0.3) is 0 Å². The van der Waals surface area contributed by atoms with Gasteiger partial charge in [0.25, 0.3) is 0 Å². The average molecular weight is 283 g/mol. The number of para-hydroxylation sites is 1. The number of hydrogen-bond donors (Lipinski definition) is 2. The molecule has 0 atom stereocenters. The first kappa shape index (κ1) is 14.1. The molecule has 4 nitrogen and oxygen atoms in total. The van der Waals surface area contributed by atoms with Gasteiger partial charge in [0.1, 0.15) is 0 Å². The first-order chi connectivity index (χ1) is 9.47. The predicted octanol–water partition coefficient (Wildman–Crippen LogP) is 3.00. The molecule has 1 aromatic carbocycles. The molecule has 0 bridgehead atoms. The number of amides is 1. The molecule has 0 aliphatic heterocycles. The molecule has 0 unspecified atom stereocenters. The van der Waals surface area contributed by atoms with Crippen molar-refractivity contribution in [2.24, 2.45) is 0 Å². The van der Waals surface area contributed by atoms with E-state index in [4.69, 9.17) is 0 Å². The minimum atomic E-state index is -4.49. The number of aromatic nitrogens is 2. The van der Waals surface area contributed by atoms with Crippen LogP contribution in [0.15, 0.2) is 36.8 Å². The molecule has 0 fully saturated rings. The van der Waals surface area contributed by atoms with Gasteiger partial charge in [-0.15, -0.1) is 0 Å². The lowest BCUT2D eigenvalue weighted by molar-refractivity contribution is -0.137. The van der Waals surface area contributed by atoms with Gasteiger partial charge in [-0.3, -0.25) is 4.79 Å². The summed E-state index contributed by atoms with van der Waals surface area (Å²) in [4.78, 5) is 18.3. The Labute approximate surface area is 113 Å². The number of nitrogens with one attached hydrogen (secondary N) is 2. The third-order valence-electron chi connectivity index (χ3n) is 2.68. The van der Waals surface area contributed by atoms with Gasteiger partial charge in [-0.2, -0.15) is 13.2 Å². The number of anilines is 1. The number of aromatic amines is 1. The zero-order valence-corrected chi connectivity index (χ0v) is 10.4. The van der Waals surface area contributed by atoms with E-state index in [0.717, 1.165) is 11.8 Å². The Kier molecular flexibility index (Phi) is 4.07. The highest BCUT2D eigenvalue weighted by molar-refractivity contribution is 5.91. The maximum atomic E-state index is 12.7. The Morgan fingerprint density at radius 1 is 1.30 bits per heavy atom. The summed E-state index contributed by atoms with van der Waals surface area (Å²) in [5, 5.41) is 2.29. The zero-order chi connectivity index (χ0) is 14.6. The number of rotatable bonds is 4. The van der Waals surface area contributed by atoms with Crippen LogP contribution in [0.1, 0.15) is 17.7 Å². The van der Waals surface area contributed by atoms with Crippen molar-refractivity contribution in [3.63, 3.8) is 0 Å². The minimum Gasteiger partial charge on any atom is -0.348 e. The van der Waals surface area contributed by atoms with Gasteiger partial charge in [0, 0.05) is 18.3 Å². The molecule has 1 amide bonds. The van der Waals surface area contributed by atoms with Gasteiger partial charge >= 0.3 is 6.18 Å². The predicted molar refractivity (Wildman–Crippen MR) is 67.0 cm³/mol. The summed E-state index contributed by atoms with van der Waals surface area (Å²) >= 11 is 0. The molecule has 2 rings (SSSR count). The van der Waals surface area contributed by atoms with Crippen LogP contribution < -0.4 is 5.32 Å². The van der Waals surface area contributed by atoms with Crippen molar-refractivity contribution in [3.8, 4) is 0 Å². The first-order valence-corrected chi connectivity index (χ1v) is 5.90. The molecule has 1 heterocycles. The molecular weight excluding hydrogens is 271 g/mol. The fourth-order valence-corrected chi connectivity index (χ4v) is 1.72. The maximum absolute atomic E-state index is 12.7. The topological polar surface area (TPSA) is 57.8 Å². The molecule has 106 valence electrons. The van der Waals surface area contributed by atoms with Crippen molar-refractivity contribution < 1.29 is 18.0 Å². The number of alkyl halides is 3. The van der Waals surface area contributed by atoms with Crippen LogP contribution in [0.3, 0.4) is 0 Å². The van der Waals surface area contributed by atoms with Gasteiger partial charge in [-0.05, 0) is 18.6 Å². The van der Waals surface area contributed by atoms with Gasteiger partial charge in [0.05, 0.1) is 17.6 Å². The third-order valence-corrected chi connectivity index (χ3v) is 2.68. The molecule has 20 heavy (non-hydrogen) atoms. The molecule has 0 spiro atoms. The molecule has 1 aromatic heterocycles. The van der Waals surface area contributed by atoms with E-state index in [-0.39, 0.29) is 12.1 Å². The van der Waals surface area contributed by atoms with E-state index in [2.05, 4.69) is 15.3 Å². The number of imidazole rings is 1. The molecule has 0 aliphatic carbocycles. The molecule has 0 aliphatic rings. The van der Waals surface area contributed by atoms with Gasteiger partial charge in [0.15, 0.2) is 0 Å². The first-order valence-electron chi connectivity index (χ1n) is 5.90. The average Bonchev–Trinajstić information content (AvgIpc) is 2.89. The smallest absolute Gasteiger partial charge is 0.348 e. The SMILES string of the molecule is O=C(CCc1cnc[nH]1)Nc1ccccc1C(F)(F)F. The van der Waals surface area contributed by atoms with E-state index < -0.39 is 17.6 Å². The Morgan fingerprint density at radius 3 is 2.70 bits per heavy atom. The third kappa shape index (κ3) is 3.59. The second-order valence-electron chi connectivity index (χ2n) is 4.17. The van der Waals surface area contributed by atoms with E-state index in [9.17, 15) is 18.0 Å². The van der Waals surface area contributed by atoms with Crippen LogP contribution in [0, 0.1) is 0 Å².